The van der Waals surface area contributed by atoms with Crippen molar-refractivity contribution in [1.29, 1.82) is 0 Å². The number of allylic oxidation sites excluding steroid dienone is 2. The van der Waals surface area contributed by atoms with Crippen LogP contribution < -0.4 is 0 Å². The molecule has 1 N–H and O–H groups in total. The summed E-state index contributed by atoms with van der Waals surface area (Å²) in [4.78, 5) is 37.5. The van der Waals surface area contributed by atoms with Crippen LogP contribution in [0.5, 0.6) is 0 Å². The number of aliphatic hydroxyl groups excluding tert-OH is 1. The third-order valence-electron chi connectivity index (χ3n) is 8.05. The number of aliphatic hydroxyl groups is 1. The number of pyridine rings is 6. The van der Waals surface area contributed by atoms with Crippen molar-refractivity contribution in [3.8, 4) is 33.8 Å². The Bertz CT molecular complexity index is 1960. The molecule has 0 aliphatic heterocycles. The smallest absolute Gasteiger partial charge is 0.164 e. The van der Waals surface area contributed by atoms with Gasteiger partial charge >= 0.3 is 0 Å². The van der Waals surface area contributed by atoms with Gasteiger partial charge in [0.05, 0.1) is 5.69 Å². The van der Waals surface area contributed by atoms with Crippen molar-refractivity contribution in [2.75, 3.05) is 0 Å². The molecule has 0 saturated carbocycles. The van der Waals surface area contributed by atoms with E-state index < -0.39 is 5.41 Å². The maximum Gasteiger partial charge on any atom is 0.164 e. The van der Waals surface area contributed by atoms with E-state index in [1.54, 1.807) is 18.6 Å². The van der Waals surface area contributed by atoms with E-state index >= 15 is 0 Å². The van der Waals surface area contributed by atoms with E-state index in [1.165, 1.54) is 6.08 Å². The number of hydrogen-bond acceptors (Lipinski definition) is 8. The average Bonchev–Trinajstić information content (AvgIpc) is 3.13. The van der Waals surface area contributed by atoms with Gasteiger partial charge in [0.1, 0.15) is 5.76 Å². The Labute approximate surface area is 366 Å². The first kappa shape index (κ1) is 50.4. The zero-order chi connectivity index (χ0) is 40.8. The molecule has 0 atom stereocenters. The van der Waals surface area contributed by atoms with E-state index in [-0.39, 0.29) is 57.2 Å². The standard InChI is InChI=1S/C12H12N2.2C12H11N2.C11H20O2.2Ir/c3*1-9-6-7-11(10(2)14-9)12-5-3-4-8-13-12;1-10(2,3)8(12)7-9(13)11(4,5)6;;/h3-8H,1-2H3;2*3-6,8H,1-2H3;7,12H,1-6H3;;/q;2*-1;;;. The van der Waals surface area contributed by atoms with Gasteiger partial charge < -0.3 is 25.0 Å². The fourth-order valence-electron chi connectivity index (χ4n) is 4.84. The quantitative estimate of drug-likeness (QED) is 0.105. The van der Waals surface area contributed by atoms with Crippen LogP contribution in [0.1, 0.15) is 75.7 Å². The minimum atomic E-state index is -0.417. The first-order chi connectivity index (χ1) is 25.9. The topological polar surface area (TPSA) is 115 Å². The molecule has 304 valence electrons. The van der Waals surface area contributed by atoms with E-state index in [0.29, 0.717) is 0 Å². The van der Waals surface area contributed by atoms with Gasteiger partial charge in [0.2, 0.25) is 0 Å². The SMILES string of the molecule is CC(C)(C)C(=O)C=C(O)C(C)(C)C.Cc1c[c-]c(-c2ccccn2)c(C)n1.Cc1c[c-]c(-c2ccccn2)c(C)n1.Cc1ccc(-c2ccccn2)c(C)n1.[Ir].[Ir]. The Morgan fingerprint density at radius 1 is 0.544 bits per heavy atom. The summed E-state index contributed by atoms with van der Waals surface area (Å²) in [5.41, 5.74) is 11.2. The molecular formula is C47H54Ir2N6O2-2. The Hall–Kier alpha value is -4.59. The van der Waals surface area contributed by atoms with Crippen LogP contribution in [-0.4, -0.2) is 40.8 Å². The number of carbonyl (C=O) groups excluding carboxylic acids is 1. The molecule has 6 rings (SSSR count). The first-order valence-electron chi connectivity index (χ1n) is 18.2. The van der Waals surface area contributed by atoms with E-state index in [9.17, 15) is 9.90 Å². The number of aryl methyl sites for hydroxylation is 6. The summed E-state index contributed by atoms with van der Waals surface area (Å²) in [6.45, 7) is 23.0. The zero-order valence-electron chi connectivity index (χ0n) is 35.0. The molecule has 0 unspecified atom stereocenters. The zero-order valence-corrected chi connectivity index (χ0v) is 39.8. The molecule has 0 spiro atoms. The monoisotopic (exact) mass is 1120 g/mol. The van der Waals surface area contributed by atoms with Gasteiger partial charge in [-0.05, 0) is 84.4 Å². The molecule has 2 radical (unpaired) electrons. The maximum atomic E-state index is 11.5. The van der Waals surface area contributed by atoms with E-state index in [4.69, 9.17) is 0 Å². The largest absolute Gasteiger partial charge is 0.512 e. The molecule has 6 aromatic rings. The number of carbonyl (C=O) groups is 1. The van der Waals surface area contributed by atoms with E-state index in [1.807, 2.05) is 156 Å². The third kappa shape index (κ3) is 16.8. The number of rotatable bonds is 4. The van der Waals surface area contributed by atoms with Crippen LogP contribution in [0.2, 0.25) is 0 Å². The molecule has 0 saturated heterocycles. The summed E-state index contributed by atoms with van der Waals surface area (Å²) in [7, 11) is 0. The molecule has 0 aromatic carbocycles. The molecule has 57 heavy (non-hydrogen) atoms. The van der Waals surface area contributed by atoms with Gasteiger partial charge in [0, 0.05) is 92.7 Å². The van der Waals surface area contributed by atoms with Crippen LogP contribution >= 0.6 is 0 Å². The normalized spacial score (nSPS) is 10.8. The van der Waals surface area contributed by atoms with Crippen LogP contribution in [0, 0.1) is 64.5 Å². The van der Waals surface area contributed by atoms with Crippen LogP contribution in [0.4, 0.5) is 0 Å². The minimum absolute atomic E-state index is 0. The second-order valence-electron chi connectivity index (χ2n) is 15.1. The van der Waals surface area contributed by atoms with Gasteiger partial charge in [0.15, 0.2) is 5.78 Å². The van der Waals surface area contributed by atoms with Crippen molar-refractivity contribution < 1.29 is 50.1 Å². The van der Waals surface area contributed by atoms with Crippen molar-refractivity contribution in [3.05, 3.63) is 156 Å². The van der Waals surface area contributed by atoms with Crippen molar-refractivity contribution in [3.63, 3.8) is 0 Å². The maximum absolute atomic E-state index is 11.5. The Balaban J connectivity index is 0.000000376. The second-order valence-corrected chi connectivity index (χ2v) is 15.1. The van der Waals surface area contributed by atoms with Gasteiger partial charge in [-0.2, -0.15) is 0 Å². The summed E-state index contributed by atoms with van der Waals surface area (Å²) >= 11 is 0. The van der Waals surface area contributed by atoms with Gasteiger partial charge in [-0.3, -0.25) is 14.8 Å². The van der Waals surface area contributed by atoms with Crippen LogP contribution in [0.15, 0.2) is 109 Å². The van der Waals surface area contributed by atoms with Gasteiger partial charge in [-0.15, -0.1) is 35.4 Å². The fourth-order valence-corrected chi connectivity index (χ4v) is 4.84. The summed E-state index contributed by atoms with van der Waals surface area (Å²) in [6.07, 6.45) is 6.69. The number of ketones is 1. The van der Waals surface area contributed by atoms with Crippen molar-refractivity contribution in [2.45, 2.75) is 83.1 Å². The van der Waals surface area contributed by atoms with Gasteiger partial charge in [-0.1, -0.05) is 99.6 Å². The van der Waals surface area contributed by atoms with Crippen molar-refractivity contribution in [2.24, 2.45) is 10.8 Å². The molecule has 0 aliphatic rings. The number of aromatic nitrogens is 6. The van der Waals surface area contributed by atoms with Crippen LogP contribution in [0.25, 0.3) is 33.8 Å². The predicted molar refractivity (Wildman–Crippen MR) is 223 cm³/mol. The van der Waals surface area contributed by atoms with Crippen LogP contribution in [0.3, 0.4) is 0 Å². The summed E-state index contributed by atoms with van der Waals surface area (Å²) in [6, 6.07) is 31.8. The van der Waals surface area contributed by atoms with Crippen molar-refractivity contribution >= 4 is 5.78 Å². The molecule has 0 amide bonds. The molecule has 10 heteroatoms. The summed E-state index contributed by atoms with van der Waals surface area (Å²) < 4.78 is 0. The third-order valence-corrected chi connectivity index (χ3v) is 8.05. The fraction of sp³-hybridized carbons (Fsp3) is 0.298. The average molecular weight is 1120 g/mol. The summed E-state index contributed by atoms with van der Waals surface area (Å²) in [5, 5.41) is 9.56. The molecular weight excluding hydrogens is 1060 g/mol. The molecule has 6 aromatic heterocycles. The Morgan fingerprint density at radius 2 is 0.947 bits per heavy atom. The van der Waals surface area contributed by atoms with Gasteiger partial charge in [0.25, 0.3) is 0 Å². The molecule has 0 fully saturated rings. The molecule has 8 nitrogen and oxygen atoms in total. The predicted octanol–water partition coefficient (Wildman–Crippen LogP) is 11.0. The Kier molecular flexibility index (Phi) is 20.9. The first-order valence-corrected chi connectivity index (χ1v) is 18.2. The summed E-state index contributed by atoms with van der Waals surface area (Å²) in [5.74, 6) is 0.104. The number of nitrogens with zero attached hydrogens (tertiary/aromatic N) is 6. The van der Waals surface area contributed by atoms with E-state index in [2.05, 4.69) is 48.1 Å². The van der Waals surface area contributed by atoms with E-state index in [0.717, 1.165) is 67.9 Å². The second kappa shape index (κ2) is 23.6. The van der Waals surface area contributed by atoms with Crippen LogP contribution in [-0.2, 0) is 45.0 Å². The number of hydrogen-bond donors (Lipinski definition) is 1. The molecule has 6 heterocycles. The van der Waals surface area contributed by atoms with Crippen molar-refractivity contribution in [1.82, 2.24) is 29.9 Å². The molecule has 0 aliphatic carbocycles. The molecule has 0 bridgehead atoms. The Morgan fingerprint density at radius 3 is 1.28 bits per heavy atom. The minimum Gasteiger partial charge on any atom is -0.512 e. The van der Waals surface area contributed by atoms with Gasteiger partial charge in [-0.25, -0.2) is 0 Å².